The van der Waals surface area contributed by atoms with Crippen molar-refractivity contribution >= 4 is 18.3 Å². The van der Waals surface area contributed by atoms with Gasteiger partial charge >= 0.3 is 0 Å². The Morgan fingerprint density at radius 3 is 2.42 bits per heavy atom. The van der Waals surface area contributed by atoms with E-state index >= 15 is 0 Å². The topological polar surface area (TPSA) is 44.8 Å². The molecular weight excluding hydrogens is 326 g/mol. The molecule has 6 heteroatoms. The minimum atomic E-state index is 0. The largest absolute Gasteiger partial charge is 0.378 e. The van der Waals surface area contributed by atoms with Crippen molar-refractivity contribution < 1.29 is 9.53 Å². The van der Waals surface area contributed by atoms with Crippen LogP contribution in [0.15, 0.2) is 0 Å². The van der Waals surface area contributed by atoms with Gasteiger partial charge in [0.1, 0.15) is 0 Å². The van der Waals surface area contributed by atoms with Crippen LogP contribution in [0, 0.1) is 5.41 Å². The molecule has 1 aliphatic carbocycles. The first-order chi connectivity index (χ1) is 11.1. The highest BCUT2D eigenvalue weighted by Crippen LogP contribution is 2.51. The summed E-state index contributed by atoms with van der Waals surface area (Å²) in [7, 11) is 2.18. The van der Waals surface area contributed by atoms with Crippen molar-refractivity contribution in [2.75, 3.05) is 46.4 Å². The summed E-state index contributed by atoms with van der Waals surface area (Å²) < 4.78 is 5.97. The first-order valence-electron chi connectivity index (χ1n) is 9.39. The number of piperazine rings is 1. The monoisotopic (exact) mass is 361 g/mol. The SMILES string of the molecule is CCOC1CC(N(C)CCC(=O)N2CCNCC2)C1(CC)CC.Cl. The fourth-order valence-corrected chi connectivity index (χ4v) is 4.46. The van der Waals surface area contributed by atoms with E-state index in [4.69, 9.17) is 4.74 Å². The number of halogens is 1. The Kier molecular flexibility index (Phi) is 8.99. The standard InChI is InChI=1S/C18H35N3O2.ClH/c1-5-18(6-2)15(14-16(18)23-7-3)20(4)11-8-17(22)21-12-9-19-10-13-21;/h15-16,19H,5-14H2,1-4H3;1H. The van der Waals surface area contributed by atoms with Gasteiger partial charge in [-0.1, -0.05) is 13.8 Å². The summed E-state index contributed by atoms with van der Waals surface area (Å²) in [6.45, 7) is 11.9. The van der Waals surface area contributed by atoms with Gasteiger partial charge in [0.2, 0.25) is 5.91 Å². The van der Waals surface area contributed by atoms with Gasteiger partial charge in [-0.25, -0.2) is 0 Å². The van der Waals surface area contributed by atoms with Crippen LogP contribution in [0.3, 0.4) is 0 Å². The molecule has 1 heterocycles. The van der Waals surface area contributed by atoms with Gasteiger partial charge in [0.25, 0.3) is 0 Å². The molecular formula is C18H36ClN3O2. The molecule has 1 saturated heterocycles. The number of hydrogen-bond donors (Lipinski definition) is 1. The zero-order valence-electron chi connectivity index (χ0n) is 15.8. The van der Waals surface area contributed by atoms with Gasteiger partial charge in [-0.15, -0.1) is 12.4 Å². The Bertz CT molecular complexity index is 384. The number of carbonyl (C=O) groups is 1. The number of nitrogens with one attached hydrogen (secondary N) is 1. The van der Waals surface area contributed by atoms with Crippen LogP contribution in [0.1, 0.15) is 46.5 Å². The molecule has 0 bridgehead atoms. The number of hydrogen-bond acceptors (Lipinski definition) is 4. The van der Waals surface area contributed by atoms with Crippen LogP contribution in [0.2, 0.25) is 0 Å². The molecule has 1 amide bonds. The molecule has 2 rings (SSSR count). The van der Waals surface area contributed by atoms with Gasteiger partial charge in [0.05, 0.1) is 6.10 Å². The van der Waals surface area contributed by atoms with E-state index in [0.29, 0.717) is 24.5 Å². The molecule has 0 spiro atoms. The lowest BCUT2D eigenvalue weighted by atomic mass is 9.58. The van der Waals surface area contributed by atoms with E-state index < -0.39 is 0 Å². The summed E-state index contributed by atoms with van der Waals surface area (Å²) in [5, 5.41) is 3.30. The van der Waals surface area contributed by atoms with Crippen molar-refractivity contribution in [2.24, 2.45) is 5.41 Å². The Balaban J connectivity index is 0.00000288. The lowest BCUT2D eigenvalue weighted by molar-refractivity contribution is -0.168. The molecule has 2 fully saturated rings. The second-order valence-electron chi connectivity index (χ2n) is 7.00. The van der Waals surface area contributed by atoms with E-state index in [1.54, 1.807) is 0 Å². The molecule has 1 saturated carbocycles. The molecule has 2 unspecified atom stereocenters. The summed E-state index contributed by atoms with van der Waals surface area (Å²) in [6, 6.07) is 0.546. The number of ether oxygens (including phenoxy) is 1. The maximum absolute atomic E-state index is 12.3. The second-order valence-corrected chi connectivity index (χ2v) is 7.00. The molecule has 2 atom stereocenters. The van der Waals surface area contributed by atoms with Crippen LogP contribution in [0.4, 0.5) is 0 Å². The maximum Gasteiger partial charge on any atom is 0.223 e. The van der Waals surface area contributed by atoms with Crippen LogP contribution >= 0.6 is 12.4 Å². The zero-order chi connectivity index (χ0) is 16.9. The van der Waals surface area contributed by atoms with Gasteiger partial charge in [0.15, 0.2) is 0 Å². The molecule has 1 aliphatic heterocycles. The lowest BCUT2D eigenvalue weighted by Crippen LogP contribution is -2.63. The molecule has 0 aromatic rings. The predicted molar refractivity (Wildman–Crippen MR) is 101 cm³/mol. The van der Waals surface area contributed by atoms with Gasteiger partial charge in [0, 0.05) is 57.2 Å². The van der Waals surface area contributed by atoms with E-state index in [1.807, 2.05) is 4.90 Å². The maximum atomic E-state index is 12.3. The molecule has 1 N–H and O–H groups in total. The first-order valence-corrected chi connectivity index (χ1v) is 9.39. The Morgan fingerprint density at radius 2 is 1.88 bits per heavy atom. The van der Waals surface area contributed by atoms with Crippen molar-refractivity contribution in [1.29, 1.82) is 0 Å². The predicted octanol–water partition coefficient (Wildman–Crippen LogP) is 2.15. The molecule has 0 aromatic heterocycles. The summed E-state index contributed by atoms with van der Waals surface area (Å²) >= 11 is 0. The van der Waals surface area contributed by atoms with Crippen molar-refractivity contribution in [1.82, 2.24) is 15.1 Å². The number of nitrogens with zero attached hydrogens (tertiary/aromatic N) is 2. The second kappa shape index (κ2) is 9.95. The molecule has 2 aliphatic rings. The van der Waals surface area contributed by atoms with Crippen LogP contribution in [0.5, 0.6) is 0 Å². The quantitative estimate of drug-likeness (QED) is 0.719. The minimum Gasteiger partial charge on any atom is -0.378 e. The van der Waals surface area contributed by atoms with E-state index in [9.17, 15) is 4.79 Å². The van der Waals surface area contributed by atoms with E-state index in [2.05, 4.69) is 38.0 Å². The first kappa shape index (κ1) is 21.7. The average molecular weight is 362 g/mol. The van der Waals surface area contributed by atoms with Crippen LogP contribution in [-0.2, 0) is 9.53 Å². The molecule has 142 valence electrons. The van der Waals surface area contributed by atoms with Gasteiger partial charge in [-0.2, -0.15) is 0 Å². The number of amides is 1. The van der Waals surface area contributed by atoms with Crippen LogP contribution in [0.25, 0.3) is 0 Å². The minimum absolute atomic E-state index is 0. The van der Waals surface area contributed by atoms with Gasteiger partial charge < -0.3 is 19.9 Å². The van der Waals surface area contributed by atoms with Gasteiger partial charge in [-0.3, -0.25) is 4.79 Å². The average Bonchev–Trinajstić information content (AvgIpc) is 2.58. The highest BCUT2D eigenvalue weighted by molar-refractivity contribution is 5.85. The summed E-state index contributed by atoms with van der Waals surface area (Å²) in [4.78, 5) is 16.8. The Labute approximate surface area is 153 Å². The van der Waals surface area contributed by atoms with E-state index in [1.165, 1.54) is 0 Å². The van der Waals surface area contributed by atoms with Crippen molar-refractivity contribution in [3.05, 3.63) is 0 Å². The molecule has 5 nitrogen and oxygen atoms in total. The van der Waals surface area contributed by atoms with Crippen molar-refractivity contribution in [3.63, 3.8) is 0 Å². The Hall–Kier alpha value is -0.360. The van der Waals surface area contributed by atoms with Gasteiger partial charge in [-0.05, 0) is 33.2 Å². The van der Waals surface area contributed by atoms with Crippen LogP contribution < -0.4 is 5.32 Å². The number of rotatable bonds is 8. The third-order valence-corrected chi connectivity index (χ3v) is 6.11. The lowest BCUT2D eigenvalue weighted by Gasteiger charge is -2.58. The van der Waals surface area contributed by atoms with Crippen molar-refractivity contribution in [2.45, 2.75) is 58.6 Å². The zero-order valence-corrected chi connectivity index (χ0v) is 16.7. The summed E-state index contributed by atoms with van der Waals surface area (Å²) in [5.74, 6) is 0.303. The highest BCUT2D eigenvalue weighted by Gasteiger charge is 2.54. The van der Waals surface area contributed by atoms with Crippen molar-refractivity contribution in [3.8, 4) is 0 Å². The van der Waals surface area contributed by atoms with E-state index in [-0.39, 0.29) is 17.8 Å². The molecule has 0 aromatic carbocycles. The fraction of sp³-hybridized carbons (Fsp3) is 0.944. The third-order valence-electron chi connectivity index (χ3n) is 6.11. The Morgan fingerprint density at radius 1 is 1.25 bits per heavy atom. The number of carbonyl (C=O) groups excluding carboxylic acids is 1. The normalized spacial score (nSPS) is 26.0. The fourth-order valence-electron chi connectivity index (χ4n) is 4.46. The summed E-state index contributed by atoms with van der Waals surface area (Å²) in [5.41, 5.74) is 0.267. The molecule has 0 radical (unpaired) electrons. The molecule has 24 heavy (non-hydrogen) atoms. The third kappa shape index (κ3) is 4.43. The smallest absolute Gasteiger partial charge is 0.223 e. The summed E-state index contributed by atoms with van der Waals surface area (Å²) in [6.07, 6.45) is 4.42. The highest BCUT2D eigenvalue weighted by atomic mass is 35.5. The van der Waals surface area contributed by atoms with E-state index in [0.717, 1.165) is 58.6 Å². The van der Waals surface area contributed by atoms with Crippen LogP contribution in [-0.4, -0.2) is 74.2 Å².